The Balaban J connectivity index is 1.88. The third kappa shape index (κ3) is 7.61. The Labute approximate surface area is 168 Å². The number of carbonyl (C=O) groups is 1. The van der Waals surface area contributed by atoms with E-state index in [0.717, 1.165) is 18.6 Å². The number of nitrogens with one attached hydrogen (secondary N) is 1. The number of unbranched alkanes of at least 4 members (excludes halogenated alkanes) is 3. The Bertz CT molecular complexity index is 700. The second-order valence-corrected chi connectivity index (χ2v) is 6.43. The number of rotatable bonds is 13. The van der Waals surface area contributed by atoms with Gasteiger partial charge in [-0.25, -0.2) is 0 Å². The highest BCUT2D eigenvalue weighted by atomic mass is 16.5. The molecule has 0 aliphatic heterocycles. The van der Waals surface area contributed by atoms with Gasteiger partial charge in [0.05, 0.1) is 18.8 Å². The predicted molar refractivity (Wildman–Crippen MR) is 112 cm³/mol. The quantitative estimate of drug-likeness (QED) is 0.475. The molecule has 2 rings (SSSR count). The molecule has 0 bridgehead atoms. The first-order valence-corrected chi connectivity index (χ1v) is 10.1. The summed E-state index contributed by atoms with van der Waals surface area (Å²) in [6, 6.07) is 14.6. The summed E-state index contributed by atoms with van der Waals surface area (Å²) in [4.78, 5) is 12.7. The van der Waals surface area contributed by atoms with Crippen molar-refractivity contribution in [2.45, 2.75) is 39.5 Å². The van der Waals surface area contributed by atoms with E-state index in [1.165, 1.54) is 12.8 Å². The van der Waals surface area contributed by atoms with Gasteiger partial charge in [0, 0.05) is 12.3 Å². The van der Waals surface area contributed by atoms with Crippen LogP contribution in [0.2, 0.25) is 0 Å². The van der Waals surface area contributed by atoms with E-state index in [-0.39, 0.29) is 5.91 Å². The molecular weight excluding hydrogens is 354 g/mol. The minimum absolute atomic E-state index is 0.186. The van der Waals surface area contributed by atoms with Crippen molar-refractivity contribution in [1.82, 2.24) is 0 Å². The zero-order chi connectivity index (χ0) is 20.0. The lowest BCUT2D eigenvalue weighted by molar-refractivity contribution is 0.102. The summed E-state index contributed by atoms with van der Waals surface area (Å²) in [6.07, 6.45) is 4.53. The van der Waals surface area contributed by atoms with E-state index < -0.39 is 0 Å². The normalized spacial score (nSPS) is 10.5. The Hall–Kier alpha value is -2.53. The van der Waals surface area contributed by atoms with Gasteiger partial charge in [0.25, 0.3) is 5.91 Å². The van der Waals surface area contributed by atoms with Gasteiger partial charge >= 0.3 is 0 Å². The molecule has 1 N–H and O–H groups in total. The van der Waals surface area contributed by atoms with Crippen molar-refractivity contribution in [3.05, 3.63) is 54.1 Å². The van der Waals surface area contributed by atoms with E-state index in [0.29, 0.717) is 43.4 Å². The van der Waals surface area contributed by atoms with Crippen LogP contribution < -0.4 is 14.8 Å². The number of anilines is 1. The summed E-state index contributed by atoms with van der Waals surface area (Å²) in [5, 5.41) is 2.91. The topological polar surface area (TPSA) is 56.8 Å². The number of carbonyl (C=O) groups excluding carboxylic acids is 1. The highest BCUT2D eigenvalue weighted by Crippen LogP contribution is 2.21. The third-order valence-electron chi connectivity index (χ3n) is 4.20. The molecule has 152 valence electrons. The SMILES string of the molecule is CCCCCCOc1ccccc1C(=O)Nc1ccc(OCCOCC)cc1. The van der Waals surface area contributed by atoms with Crippen LogP contribution in [-0.4, -0.2) is 32.3 Å². The molecular formula is C23H31NO4. The number of amides is 1. The Morgan fingerprint density at radius 1 is 0.857 bits per heavy atom. The van der Waals surface area contributed by atoms with Crippen LogP contribution in [0.3, 0.4) is 0 Å². The number of para-hydroxylation sites is 1. The van der Waals surface area contributed by atoms with Gasteiger partial charge in [-0.2, -0.15) is 0 Å². The van der Waals surface area contributed by atoms with Crippen molar-refractivity contribution in [2.75, 3.05) is 31.7 Å². The molecule has 0 aromatic heterocycles. The van der Waals surface area contributed by atoms with Crippen molar-refractivity contribution in [3.8, 4) is 11.5 Å². The minimum Gasteiger partial charge on any atom is -0.493 e. The molecule has 0 atom stereocenters. The summed E-state index contributed by atoms with van der Waals surface area (Å²) < 4.78 is 16.7. The van der Waals surface area contributed by atoms with E-state index in [1.807, 2.05) is 49.4 Å². The number of benzene rings is 2. The van der Waals surface area contributed by atoms with Crippen LogP contribution in [0.15, 0.2) is 48.5 Å². The maximum Gasteiger partial charge on any atom is 0.259 e. The van der Waals surface area contributed by atoms with Gasteiger partial charge in [0.1, 0.15) is 18.1 Å². The van der Waals surface area contributed by atoms with Gasteiger partial charge in [-0.15, -0.1) is 0 Å². The highest BCUT2D eigenvalue weighted by molar-refractivity contribution is 6.06. The Kier molecular flexibility index (Phi) is 9.94. The number of hydrogen-bond donors (Lipinski definition) is 1. The molecule has 0 spiro atoms. The smallest absolute Gasteiger partial charge is 0.259 e. The van der Waals surface area contributed by atoms with Crippen LogP contribution in [0.5, 0.6) is 11.5 Å². The maximum atomic E-state index is 12.7. The molecule has 0 saturated carbocycles. The second-order valence-electron chi connectivity index (χ2n) is 6.43. The molecule has 0 aliphatic rings. The Morgan fingerprint density at radius 2 is 1.64 bits per heavy atom. The maximum absolute atomic E-state index is 12.7. The minimum atomic E-state index is -0.186. The van der Waals surface area contributed by atoms with E-state index in [9.17, 15) is 4.79 Å². The van der Waals surface area contributed by atoms with Crippen LogP contribution in [0.1, 0.15) is 49.9 Å². The summed E-state index contributed by atoms with van der Waals surface area (Å²) in [5.74, 6) is 1.18. The predicted octanol–water partition coefficient (Wildman–Crippen LogP) is 5.31. The molecule has 5 nitrogen and oxygen atoms in total. The molecule has 0 heterocycles. The lowest BCUT2D eigenvalue weighted by Crippen LogP contribution is -2.14. The third-order valence-corrected chi connectivity index (χ3v) is 4.20. The molecule has 28 heavy (non-hydrogen) atoms. The molecule has 2 aromatic rings. The fraction of sp³-hybridized carbons (Fsp3) is 0.435. The van der Waals surface area contributed by atoms with Gasteiger partial charge in [-0.05, 0) is 49.7 Å². The molecule has 1 amide bonds. The average Bonchev–Trinajstić information content (AvgIpc) is 2.72. The van der Waals surface area contributed by atoms with Gasteiger partial charge < -0.3 is 19.5 Å². The molecule has 0 unspecified atom stereocenters. The first-order chi connectivity index (χ1) is 13.7. The van der Waals surface area contributed by atoms with Gasteiger partial charge in [0.2, 0.25) is 0 Å². The van der Waals surface area contributed by atoms with Crippen molar-refractivity contribution >= 4 is 11.6 Å². The summed E-state index contributed by atoms with van der Waals surface area (Å²) in [5.41, 5.74) is 1.25. The summed E-state index contributed by atoms with van der Waals surface area (Å²) in [7, 11) is 0. The largest absolute Gasteiger partial charge is 0.493 e. The fourth-order valence-corrected chi connectivity index (χ4v) is 2.69. The van der Waals surface area contributed by atoms with E-state index in [2.05, 4.69) is 12.2 Å². The zero-order valence-corrected chi connectivity index (χ0v) is 16.9. The zero-order valence-electron chi connectivity index (χ0n) is 16.9. The average molecular weight is 386 g/mol. The van der Waals surface area contributed by atoms with Crippen molar-refractivity contribution in [3.63, 3.8) is 0 Å². The first kappa shape index (κ1) is 21.8. The van der Waals surface area contributed by atoms with Crippen LogP contribution in [0.25, 0.3) is 0 Å². The van der Waals surface area contributed by atoms with Crippen molar-refractivity contribution in [2.24, 2.45) is 0 Å². The van der Waals surface area contributed by atoms with Crippen LogP contribution in [0, 0.1) is 0 Å². The standard InChI is InChI=1S/C23H31NO4/c1-3-5-6-9-16-28-22-11-8-7-10-21(22)23(25)24-19-12-14-20(15-13-19)27-18-17-26-4-2/h7-8,10-15H,3-6,9,16-18H2,1-2H3,(H,24,25). The van der Waals surface area contributed by atoms with Gasteiger partial charge in [-0.3, -0.25) is 4.79 Å². The van der Waals surface area contributed by atoms with E-state index in [1.54, 1.807) is 6.07 Å². The Morgan fingerprint density at radius 3 is 2.39 bits per heavy atom. The van der Waals surface area contributed by atoms with Crippen LogP contribution in [0.4, 0.5) is 5.69 Å². The molecule has 0 aliphatic carbocycles. The van der Waals surface area contributed by atoms with Crippen LogP contribution >= 0.6 is 0 Å². The first-order valence-electron chi connectivity index (χ1n) is 10.1. The van der Waals surface area contributed by atoms with Crippen molar-refractivity contribution in [1.29, 1.82) is 0 Å². The summed E-state index contributed by atoms with van der Waals surface area (Å²) >= 11 is 0. The van der Waals surface area contributed by atoms with Gasteiger partial charge in [-0.1, -0.05) is 38.3 Å². The van der Waals surface area contributed by atoms with Crippen molar-refractivity contribution < 1.29 is 19.0 Å². The highest BCUT2D eigenvalue weighted by Gasteiger charge is 2.12. The molecule has 0 saturated heterocycles. The lowest BCUT2D eigenvalue weighted by Gasteiger charge is -2.12. The molecule has 2 aromatic carbocycles. The van der Waals surface area contributed by atoms with E-state index in [4.69, 9.17) is 14.2 Å². The molecule has 5 heteroatoms. The molecule has 0 radical (unpaired) electrons. The number of hydrogen-bond acceptors (Lipinski definition) is 4. The van der Waals surface area contributed by atoms with E-state index >= 15 is 0 Å². The van der Waals surface area contributed by atoms with Crippen LogP contribution in [-0.2, 0) is 4.74 Å². The summed E-state index contributed by atoms with van der Waals surface area (Å²) in [6.45, 7) is 6.50. The fourth-order valence-electron chi connectivity index (χ4n) is 2.69. The number of ether oxygens (including phenoxy) is 3. The monoisotopic (exact) mass is 385 g/mol. The van der Waals surface area contributed by atoms with Gasteiger partial charge in [0.15, 0.2) is 0 Å². The second kappa shape index (κ2) is 12.8. The molecule has 0 fully saturated rings. The lowest BCUT2D eigenvalue weighted by atomic mass is 10.1.